The van der Waals surface area contributed by atoms with Crippen molar-refractivity contribution in [1.29, 1.82) is 0 Å². The quantitative estimate of drug-likeness (QED) is 0.852. The Morgan fingerprint density at radius 3 is 2.64 bits per heavy atom. The van der Waals surface area contributed by atoms with Gasteiger partial charge in [0.2, 0.25) is 5.91 Å². The molecule has 116 valence electrons. The first-order valence-electron chi connectivity index (χ1n) is 7.57. The van der Waals surface area contributed by atoms with Crippen LogP contribution in [0.15, 0.2) is 29.3 Å². The number of halogens is 1. The van der Waals surface area contributed by atoms with E-state index < -0.39 is 5.82 Å². The molecular weight excluding hydrogens is 285 g/mol. The Labute approximate surface area is 127 Å². The second-order valence-corrected chi connectivity index (χ2v) is 5.63. The minimum atomic E-state index is -0.433. The first-order chi connectivity index (χ1) is 10.6. The van der Waals surface area contributed by atoms with Crippen LogP contribution in [-0.4, -0.2) is 33.4 Å². The van der Waals surface area contributed by atoms with Gasteiger partial charge >= 0.3 is 0 Å². The molecule has 3 rings (SSSR count). The molecule has 2 aromatic rings. The average Bonchev–Trinajstić information content (AvgIpc) is 2.79. The molecule has 0 spiro atoms. The van der Waals surface area contributed by atoms with Gasteiger partial charge in [-0.15, -0.1) is 0 Å². The van der Waals surface area contributed by atoms with Gasteiger partial charge in [0.15, 0.2) is 0 Å². The van der Waals surface area contributed by atoms with E-state index in [0.29, 0.717) is 10.9 Å². The maximum atomic E-state index is 13.2. The third-order valence-corrected chi connectivity index (χ3v) is 4.05. The third kappa shape index (κ3) is 3.00. The van der Waals surface area contributed by atoms with Crippen LogP contribution in [0.25, 0.3) is 10.9 Å². The Morgan fingerprint density at radius 2 is 1.91 bits per heavy atom. The van der Waals surface area contributed by atoms with Gasteiger partial charge in [-0.05, 0) is 25.0 Å². The molecule has 6 heteroatoms. The molecule has 0 N–H and O–H groups in total. The summed E-state index contributed by atoms with van der Waals surface area (Å²) in [6, 6.07) is 3.86. The summed E-state index contributed by atoms with van der Waals surface area (Å²) in [6.45, 7) is 1.48. The maximum Gasteiger partial charge on any atom is 0.261 e. The van der Waals surface area contributed by atoms with Crippen LogP contribution < -0.4 is 5.56 Å². The van der Waals surface area contributed by atoms with E-state index in [4.69, 9.17) is 0 Å². The van der Waals surface area contributed by atoms with Crippen LogP contribution in [0.4, 0.5) is 4.39 Å². The highest BCUT2D eigenvalue weighted by Gasteiger charge is 2.17. The van der Waals surface area contributed by atoms with Crippen molar-refractivity contribution in [2.75, 3.05) is 13.1 Å². The first kappa shape index (κ1) is 14.7. The van der Waals surface area contributed by atoms with E-state index >= 15 is 0 Å². The largest absolute Gasteiger partial charge is 0.341 e. The molecule has 5 nitrogen and oxygen atoms in total. The van der Waals surface area contributed by atoms with Crippen molar-refractivity contribution in [2.45, 2.75) is 32.2 Å². The minimum absolute atomic E-state index is 0.0147. The fraction of sp³-hybridized carbons (Fsp3) is 0.438. The molecule has 0 saturated carbocycles. The molecule has 1 aromatic heterocycles. The molecular formula is C16H18FN3O2. The van der Waals surface area contributed by atoms with Gasteiger partial charge in [-0.1, -0.05) is 12.8 Å². The number of amides is 1. The number of hydrogen-bond acceptors (Lipinski definition) is 3. The smallest absolute Gasteiger partial charge is 0.261 e. The Balaban J connectivity index is 1.84. The van der Waals surface area contributed by atoms with Crippen molar-refractivity contribution in [3.63, 3.8) is 0 Å². The predicted molar refractivity (Wildman–Crippen MR) is 81.0 cm³/mol. The van der Waals surface area contributed by atoms with E-state index in [1.807, 2.05) is 4.90 Å². The van der Waals surface area contributed by atoms with Crippen molar-refractivity contribution in [3.8, 4) is 0 Å². The van der Waals surface area contributed by atoms with Crippen molar-refractivity contribution in [2.24, 2.45) is 0 Å². The van der Waals surface area contributed by atoms with E-state index in [9.17, 15) is 14.0 Å². The lowest BCUT2D eigenvalue weighted by Gasteiger charge is -2.20. The van der Waals surface area contributed by atoms with Crippen LogP contribution >= 0.6 is 0 Å². The van der Waals surface area contributed by atoms with Gasteiger partial charge in [0.1, 0.15) is 12.4 Å². The van der Waals surface area contributed by atoms with E-state index in [0.717, 1.165) is 38.8 Å². The van der Waals surface area contributed by atoms with Gasteiger partial charge < -0.3 is 4.90 Å². The number of nitrogens with zero attached hydrogens (tertiary/aromatic N) is 3. The SMILES string of the molecule is O=C(Cn1cnc2cc(F)ccc2c1=O)N1CCCCCC1. The van der Waals surface area contributed by atoms with Gasteiger partial charge in [0, 0.05) is 19.2 Å². The van der Waals surface area contributed by atoms with E-state index in [1.54, 1.807) is 0 Å². The number of aromatic nitrogens is 2. The zero-order valence-corrected chi connectivity index (χ0v) is 12.3. The second kappa shape index (κ2) is 6.25. The summed E-state index contributed by atoms with van der Waals surface area (Å²) in [7, 11) is 0. The highest BCUT2D eigenvalue weighted by molar-refractivity contribution is 5.79. The summed E-state index contributed by atoms with van der Waals surface area (Å²) >= 11 is 0. The van der Waals surface area contributed by atoms with Crippen LogP contribution in [0, 0.1) is 5.82 Å². The highest BCUT2D eigenvalue weighted by atomic mass is 19.1. The third-order valence-electron chi connectivity index (χ3n) is 4.05. The number of hydrogen-bond donors (Lipinski definition) is 0. The van der Waals surface area contributed by atoms with Gasteiger partial charge in [0.05, 0.1) is 17.2 Å². The lowest BCUT2D eigenvalue weighted by Crippen LogP contribution is -2.37. The normalized spacial score (nSPS) is 15.8. The van der Waals surface area contributed by atoms with E-state index in [2.05, 4.69) is 4.98 Å². The Morgan fingerprint density at radius 1 is 1.18 bits per heavy atom. The van der Waals surface area contributed by atoms with E-state index in [-0.39, 0.29) is 18.0 Å². The number of likely N-dealkylation sites (tertiary alicyclic amines) is 1. The molecule has 1 aliphatic heterocycles. The molecule has 0 radical (unpaired) electrons. The van der Waals surface area contributed by atoms with Crippen LogP contribution in [0.3, 0.4) is 0 Å². The number of fused-ring (bicyclic) bond motifs is 1. The van der Waals surface area contributed by atoms with Crippen molar-refractivity contribution in [1.82, 2.24) is 14.5 Å². The van der Waals surface area contributed by atoms with Gasteiger partial charge in [-0.3, -0.25) is 14.2 Å². The van der Waals surface area contributed by atoms with Crippen LogP contribution in [0.2, 0.25) is 0 Å². The highest BCUT2D eigenvalue weighted by Crippen LogP contribution is 2.11. The zero-order chi connectivity index (χ0) is 15.5. The topological polar surface area (TPSA) is 55.2 Å². The number of rotatable bonds is 2. The summed E-state index contributed by atoms with van der Waals surface area (Å²) in [5, 5.41) is 0.326. The molecule has 1 amide bonds. The molecule has 1 fully saturated rings. The first-order valence-corrected chi connectivity index (χ1v) is 7.57. The van der Waals surface area contributed by atoms with Gasteiger partial charge in [-0.25, -0.2) is 9.37 Å². The van der Waals surface area contributed by atoms with Crippen LogP contribution in [0.5, 0.6) is 0 Å². The monoisotopic (exact) mass is 303 g/mol. The van der Waals surface area contributed by atoms with Crippen molar-refractivity contribution in [3.05, 3.63) is 40.7 Å². The number of carbonyl (C=O) groups is 1. The zero-order valence-electron chi connectivity index (χ0n) is 12.3. The average molecular weight is 303 g/mol. The summed E-state index contributed by atoms with van der Waals surface area (Å²) < 4.78 is 14.4. The van der Waals surface area contributed by atoms with Gasteiger partial charge in [-0.2, -0.15) is 0 Å². The fourth-order valence-corrected chi connectivity index (χ4v) is 2.81. The van der Waals surface area contributed by atoms with Gasteiger partial charge in [0.25, 0.3) is 5.56 Å². The fourth-order valence-electron chi connectivity index (χ4n) is 2.81. The standard InChI is InChI=1S/C16H18FN3O2/c17-12-5-6-13-14(9-12)18-11-20(16(13)22)10-15(21)19-7-3-1-2-4-8-19/h5-6,9,11H,1-4,7-8,10H2. The predicted octanol–water partition coefficient (Wildman–Crippen LogP) is 1.94. The van der Waals surface area contributed by atoms with Crippen LogP contribution in [0.1, 0.15) is 25.7 Å². The molecule has 1 aromatic carbocycles. The summed E-state index contributed by atoms with van der Waals surface area (Å²) in [4.78, 5) is 30.6. The molecule has 0 unspecified atom stereocenters. The Bertz CT molecular complexity index is 749. The van der Waals surface area contributed by atoms with E-state index in [1.165, 1.54) is 29.1 Å². The lowest BCUT2D eigenvalue weighted by atomic mass is 10.2. The van der Waals surface area contributed by atoms with Crippen molar-refractivity contribution < 1.29 is 9.18 Å². The number of carbonyl (C=O) groups excluding carboxylic acids is 1. The molecule has 0 bridgehead atoms. The Kier molecular flexibility index (Phi) is 4.18. The molecule has 0 atom stereocenters. The number of benzene rings is 1. The van der Waals surface area contributed by atoms with Crippen molar-refractivity contribution >= 4 is 16.8 Å². The summed E-state index contributed by atoms with van der Waals surface area (Å²) in [6.07, 6.45) is 5.63. The molecule has 2 heterocycles. The molecule has 1 saturated heterocycles. The van der Waals surface area contributed by atoms with Crippen LogP contribution in [-0.2, 0) is 11.3 Å². The summed E-state index contributed by atoms with van der Waals surface area (Å²) in [5.74, 6) is -0.495. The minimum Gasteiger partial charge on any atom is -0.341 e. The molecule has 22 heavy (non-hydrogen) atoms. The maximum absolute atomic E-state index is 13.2. The lowest BCUT2D eigenvalue weighted by molar-refractivity contribution is -0.131. The summed E-state index contributed by atoms with van der Waals surface area (Å²) in [5.41, 5.74) is -0.00311. The second-order valence-electron chi connectivity index (χ2n) is 5.63. The molecule has 0 aliphatic carbocycles. The molecule has 1 aliphatic rings. The Hall–Kier alpha value is -2.24.